The summed E-state index contributed by atoms with van der Waals surface area (Å²) in [6.07, 6.45) is 3.77. The second-order valence-electron chi connectivity index (χ2n) is 5.82. The van der Waals surface area contributed by atoms with Gasteiger partial charge in [-0.15, -0.1) is 18.3 Å². The van der Waals surface area contributed by atoms with Gasteiger partial charge in [-0.05, 0) is 13.8 Å². The van der Waals surface area contributed by atoms with E-state index in [-0.39, 0.29) is 38.4 Å². The molecule has 9 nitrogen and oxygen atoms in total. The van der Waals surface area contributed by atoms with Crippen LogP contribution in [-0.4, -0.2) is 76.8 Å². The van der Waals surface area contributed by atoms with Crippen LogP contribution < -0.4 is 0 Å². The lowest BCUT2D eigenvalue weighted by Gasteiger charge is -2.33. The number of ether oxygens (including phenoxy) is 1. The van der Waals surface area contributed by atoms with Gasteiger partial charge in [0.2, 0.25) is 0 Å². The fourth-order valence-electron chi connectivity index (χ4n) is 2.59. The SMILES string of the molecule is C=CCN(CC=C)C(=O)n1cnc(S(=O)(=O)N2CC(C)OC(C)C2)n1. The summed E-state index contributed by atoms with van der Waals surface area (Å²) in [5.41, 5.74) is 0. The molecule has 2 unspecified atom stereocenters. The third-order valence-corrected chi connectivity index (χ3v) is 5.22. The van der Waals surface area contributed by atoms with Gasteiger partial charge in [0.25, 0.3) is 15.2 Å². The van der Waals surface area contributed by atoms with Crippen molar-refractivity contribution in [3.63, 3.8) is 0 Å². The molecule has 1 saturated heterocycles. The molecule has 0 N–H and O–H groups in total. The Balaban J connectivity index is 2.23. The Morgan fingerprint density at radius 1 is 1.32 bits per heavy atom. The highest BCUT2D eigenvalue weighted by atomic mass is 32.2. The summed E-state index contributed by atoms with van der Waals surface area (Å²) in [4.78, 5) is 17.6. The van der Waals surface area contributed by atoms with Gasteiger partial charge in [0.15, 0.2) is 0 Å². The lowest BCUT2D eigenvalue weighted by Crippen LogP contribution is -2.48. The van der Waals surface area contributed by atoms with Crippen molar-refractivity contribution in [1.29, 1.82) is 0 Å². The fourth-order valence-corrected chi connectivity index (χ4v) is 4.00. The number of rotatable bonds is 6. The normalized spacial score (nSPS) is 21.7. The summed E-state index contributed by atoms with van der Waals surface area (Å²) in [6, 6.07) is -0.502. The van der Waals surface area contributed by atoms with Crippen molar-refractivity contribution in [1.82, 2.24) is 24.0 Å². The minimum Gasteiger partial charge on any atom is -0.373 e. The Labute approximate surface area is 147 Å². The second kappa shape index (κ2) is 7.89. The van der Waals surface area contributed by atoms with Gasteiger partial charge in [0.05, 0.1) is 12.2 Å². The average Bonchev–Trinajstić information content (AvgIpc) is 3.04. The van der Waals surface area contributed by atoms with Crippen molar-refractivity contribution in [3.8, 4) is 0 Å². The van der Waals surface area contributed by atoms with E-state index in [0.29, 0.717) is 0 Å². The van der Waals surface area contributed by atoms with E-state index in [9.17, 15) is 13.2 Å². The highest BCUT2D eigenvalue weighted by Gasteiger charge is 2.35. The third-order valence-electron chi connectivity index (χ3n) is 3.59. The van der Waals surface area contributed by atoms with Gasteiger partial charge in [-0.25, -0.2) is 18.2 Å². The van der Waals surface area contributed by atoms with Crippen LogP contribution in [-0.2, 0) is 14.8 Å². The predicted molar refractivity (Wildman–Crippen MR) is 91.6 cm³/mol. The molecule has 0 aliphatic carbocycles. The Hall–Kier alpha value is -2.04. The Morgan fingerprint density at radius 2 is 1.88 bits per heavy atom. The number of hydrogen-bond donors (Lipinski definition) is 0. The highest BCUT2D eigenvalue weighted by Crippen LogP contribution is 2.18. The van der Waals surface area contributed by atoms with Crippen LogP contribution in [0.2, 0.25) is 0 Å². The Kier molecular flexibility index (Phi) is 6.09. The summed E-state index contributed by atoms with van der Waals surface area (Å²) >= 11 is 0. The predicted octanol–water partition coefficient (Wildman–Crippen LogP) is 0.718. The molecule has 1 aliphatic heterocycles. The van der Waals surface area contributed by atoms with Crippen molar-refractivity contribution < 1.29 is 17.9 Å². The molecule has 2 heterocycles. The van der Waals surface area contributed by atoms with Gasteiger partial charge in [0.1, 0.15) is 6.33 Å². The van der Waals surface area contributed by atoms with Gasteiger partial charge in [-0.1, -0.05) is 12.2 Å². The third kappa shape index (κ3) is 4.33. The maximum Gasteiger partial charge on any atom is 0.346 e. The van der Waals surface area contributed by atoms with Crippen LogP contribution in [0.3, 0.4) is 0 Å². The van der Waals surface area contributed by atoms with Crippen LogP contribution in [0, 0.1) is 0 Å². The van der Waals surface area contributed by atoms with E-state index in [2.05, 4.69) is 23.2 Å². The molecule has 0 radical (unpaired) electrons. The number of nitrogens with zero attached hydrogens (tertiary/aromatic N) is 5. The fraction of sp³-hybridized carbons (Fsp3) is 0.533. The van der Waals surface area contributed by atoms with Gasteiger partial charge in [-0.3, -0.25) is 0 Å². The lowest BCUT2D eigenvalue weighted by molar-refractivity contribution is -0.0442. The van der Waals surface area contributed by atoms with E-state index in [1.807, 2.05) is 0 Å². The van der Waals surface area contributed by atoms with Crippen molar-refractivity contribution >= 4 is 16.1 Å². The Bertz CT molecular complexity index is 725. The molecular formula is C15H23N5O4S. The molecule has 25 heavy (non-hydrogen) atoms. The number of amides is 1. The molecule has 0 bridgehead atoms. The van der Waals surface area contributed by atoms with E-state index in [4.69, 9.17) is 4.74 Å². The van der Waals surface area contributed by atoms with Crippen LogP contribution in [0.4, 0.5) is 4.79 Å². The molecule has 2 atom stereocenters. The lowest BCUT2D eigenvalue weighted by atomic mass is 10.3. The summed E-state index contributed by atoms with van der Waals surface area (Å²) < 4.78 is 33.2. The summed E-state index contributed by atoms with van der Waals surface area (Å²) in [5, 5.41) is 3.46. The average molecular weight is 369 g/mol. The first-order chi connectivity index (χ1) is 11.8. The summed E-state index contributed by atoms with van der Waals surface area (Å²) in [6.45, 7) is 11.8. The zero-order valence-corrected chi connectivity index (χ0v) is 15.2. The van der Waals surface area contributed by atoms with Gasteiger partial charge >= 0.3 is 6.03 Å². The molecule has 0 aromatic carbocycles. The molecule has 1 aromatic heterocycles. The monoisotopic (exact) mass is 369 g/mol. The van der Waals surface area contributed by atoms with Crippen LogP contribution in [0.5, 0.6) is 0 Å². The first-order valence-electron chi connectivity index (χ1n) is 7.88. The highest BCUT2D eigenvalue weighted by molar-refractivity contribution is 7.88. The number of sulfonamides is 1. The minimum atomic E-state index is -3.89. The topological polar surface area (TPSA) is 97.6 Å². The molecule has 10 heteroatoms. The van der Waals surface area contributed by atoms with Crippen molar-refractivity contribution in [2.45, 2.75) is 31.2 Å². The largest absolute Gasteiger partial charge is 0.373 e. The van der Waals surface area contributed by atoms with Crippen LogP contribution in [0.15, 0.2) is 36.8 Å². The van der Waals surface area contributed by atoms with E-state index in [0.717, 1.165) is 11.0 Å². The van der Waals surface area contributed by atoms with Gasteiger partial charge in [-0.2, -0.15) is 8.99 Å². The van der Waals surface area contributed by atoms with E-state index < -0.39 is 21.2 Å². The number of morpholine rings is 1. The molecule has 1 aromatic rings. The van der Waals surface area contributed by atoms with Crippen LogP contribution >= 0.6 is 0 Å². The number of carbonyl (C=O) groups is 1. The quantitative estimate of drug-likeness (QED) is 0.685. The van der Waals surface area contributed by atoms with E-state index in [1.165, 1.54) is 9.21 Å². The maximum absolute atomic E-state index is 12.7. The smallest absolute Gasteiger partial charge is 0.346 e. The minimum absolute atomic E-state index is 0.216. The van der Waals surface area contributed by atoms with Crippen LogP contribution in [0.1, 0.15) is 13.8 Å². The molecule has 1 aliphatic rings. The van der Waals surface area contributed by atoms with Gasteiger partial charge < -0.3 is 9.64 Å². The van der Waals surface area contributed by atoms with E-state index >= 15 is 0 Å². The number of aromatic nitrogens is 3. The van der Waals surface area contributed by atoms with E-state index in [1.54, 1.807) is 26.0 Å². The van der Waals surface area contributed by atoms with Gasteiger partial charge in [0, 0.05) is 26.2 Å². The summed E-state index contributed by atoms with van der Waals surface area (Å²) in [5.74, 6) is 0. The molecule has 0 saturated carbocycles. The maximum atomic E-state index is 12.7. The van der Waals surface area contributed by atoms with Crippen molar-refractivity contribution in [2.75, 3.05) is 26.2 Å². The molecule has 1 amide bonds. The number of hydrogen-bond acceptors (Lipinski definition) is 6. The van der Waals surface area contributed by atoms with Crippen molar-refractivity contribution in [3.05, 3.63) is 31.6 Å². The number of carbonyl (C=O) groups excluding carboxylic acids is 1. The first-order valence-corrected chi connectivity index (χ1v) is 9.32. The molecule has 1 fully saturated rings. The molecular weight excluding hydrogens is 346 g/mol. The van der Waals surface area contributed by atoms with Crippen LogP contribution in [0.25, 0.3) is 0 Å². The standard InChI is InChI=1S/C15H23N5O4S/c1-5-7-18(8-6-2)15(21)20-11-16-14(17-20)25(22,23)19-9-12(3)24-13(4)10-19/h5-6,11-13H,1-2,7-10H2,3-4H3. The molecule has 2 rings (SSSR count). The first kappa shape index (κ1) is 19.3. The molecule has 138 valence electrons. The molecule has 0 spiro atoms. The zero-order chi connectivity index (χ0) is 18.6. The zero-order valence-electron chi connectivity index (χ0n) is 14.4. The second-order valence-corrected chi connectivity index (χ2v) is 7.65. The van der Waals surface area contributed by atoms with Crippen molar-refractivity contribution in [2.24, 2.45) is 0 Å². The Morgan fingerprint density at radius 3 is 2.40 bits per heavy atom. The summed E-state index contributed by atoms with van der Waals surface area (Å²) in [7, 11) is -3.89.